The molecule has 1 aliphatic carbocycles. The molecule has 0 aromatic heterocycles. The van der Waals surface area contributed by atoms with Crippen LogP contribution in [0.3, 0.4) is 0 Å². The number of ether oxygens (including phenoxy) is 4. The van der Waals surface area contributed by atoms with Crippen LogP contribution in [-0.2, 0) is 18.9 Å². The van der Waals surface area contributed by atoms with Crippen molar-refractivity contribution in [1.29, 1.82) is 0 Å². The Morgan fingerprint density at radius 3 is 2.26 bits per heavy atom. The van der Waals surface area contributed by atoms with E-state index in [0.29, 0.717) is 19.3 Å². The molecular formula is C24H42O11. The minimum absolute atomic E-state index is 0.192. The van der Waals surface area contributed by atoms with E-state index in [2.05, 4.69) is 13.8 Å². The van der Waals surface area contributed by atoms with Gasteiger partial charge in [0.2, 0.25) is 0 Å². The maximum absolute atomic E-state index is 10.5. The highest BCUT2D eigenvalue weighted by atomic mass is 16.7. The lowest BCUT2D eigenvalue weighted by Crippen LogP contribution is -2.61. The third-order valence-corrected chi connectivity index (χ3v) is 7.29. The van der Waals surface area contributed by atoms with Gasteiger partial charge in [-0.15, -0.1) is 0 Å². The van der Waals surface area contributed by atoms with Gasteiger partial charge in [0.25, 0.3) is 0 Å². The van der Waals surface area contributed by atoms with Crippen LogP contribution in [0.15, 0.2) is 11.1 Å². The van der Waals surface area contributed by atoms with Crippen molar-refractivity contribution in [2.24, 2.45) is 5.41 Å². The Hall–Kier alpha value is -0.700. The minimum atomic E-state index is -1.55. The Kier molecular flexibility index (Phi) is 9.72. The van der Waals surface area contributed by atoms with Gasteiger partial charge < -0.3 is 54.7 Å². The predicted molar refractivity (Wildman–Crippen MR) is 122 cm³/mol. The number of hydrogen-bond acceptors (Lipinski definition) is 11. The quantitative estimate of drug-likeness (QED) is 0.199. The molecule has 0 aromatic carbocycles. The molecule has 2 heterocycles. The Balaban J connectivity index is 1.62. The van der Waals surface area contributed by atoms with Crippen molar-refractivity contribution in [3.05, 3.63) is 11.1 Å². The van der Waals surface area contributed by atoms with E-state index >= 15 is 0 Å². The average Bonchev–Trinajstić information content (AvgIpc) is 2.77. The van der Waals surface area contributed by atoms with Crippen molar-refractivity contribution in [1.82, 2.24) is 0 Å². The lowest BCUT2D eigenvalue weighted by Gasteiger charge is -2.44. The molecular weight excluding hydrogens is 464 g/mol. The van der Waals surface area contributed by atoms with Crippen molar-refractivity contribution >= 4 is 0 Å². The number of aliphatic hydroxyl groups excluding tert-OH is 7. The van der Waals surface area contributed by atoms with Crippen LogP contribution in [-0.4, -0.2) is 116 Å². The molecule has 0 bridgehead atoms. The highest BCUT2D eigenvalue weighted by Crippen LogP contribution is 2.44. The van der Waals surface area contributed by atoms with Crippen molar-refractivity contribution in [3.8, 4) is 0 Å². The summed E-state index contributed by atoms with van der Waals surface area (Å²) in [5.41, 5.74) is 2.24. The molecule has 2 fully saturated rings. The van der Waals surface area contributed by atoms with E-state index < -0.39 is 55.3 Å². The van der Waals surface area contributed by atoms with Gasteiger partial charge in [-0.05, 0) is 44.9 Å². The minimum Gasteiger partial charge on any atom is -0.393 e. The van der Waals surface area contributed by atoms with E-state index in [1.165, 1.54) is 5.57 Å². The molecule has 7 N–H and O–H groups in total. The van der Waals surface area contributed by atoms with Crippen LogP contribution in [0.4, 0.5) is 0 Å². The van der Waals surface area contributed by atoms with Crippen LogP contribution in [0, 0.1) is 5.41 Å². The molecule has 0 saturated carbocycles. The normalized spacial score (nSPS) is 43.3. The third kappa shape index (κ3) is 6.79. The summed E-state index contributed by atoms with van der Waals surface area (Å²) in [6.07, 6.45) is -10.3. The van der Waals surface area contributed by atoms with Gasteiger partial charge in [0.05, 0.1) is 25.4 Å². The Morgan fingerprint density at radius 1 is 0.971 bits per heavy atom. The second-order valence-corrected chi connectivity index (χ2v) is 10.8. The molecule has 0 amide bonds. The summed E-state index contributed by atoms with van der Waals surface area (Å²) in [4.78, 5) is 0. The summed E-state index contributed by atoms with van der Waals surface area (Å²) in [6.45, 7) is 7.45. The zero-order chi connectivity index (χ0) is 26.1. The molecule has 0 radical (unpaired) electrons. The van der Waals surface area contributed by atoms with E-state index in [1.54, 1.807) is 6.92 Å². The number of rotatable bonds is 8. The van der Waals surface area contributed by atoms with Gasteiger partial charge >= 0.3 is 0 Å². The first-order valence-corrected chi connectivity index (χ1v) is 12.3. The fourth-order valence-electron chi connectivity index (χ4n) is 5.28. The molecule has 11 heteroatoms. The number of allylic oxidation sites excluding steroid dienone is 1. The zero-order valence-corrected chi connectivity index (χ0v) is 20.9. The van der Waals surface area contributed by atoms with Gasteiger partial charge in [0.15, 0.2) is 12.6 Å². The number of hydrogen-bond donors (Lipinski definition) is 7. The fraction of sp³-hybridized carbons (Fsp3) is 0.917. The van der Waals surface area contributed by atoms with Crippen molar-refractivity contribution < 1.29 is 54.7 Å². The Bertz CT molecular complexity index is 726. The van der Waals surface area contributed by atoms with Gasteiger partial charge in [-0.25, -0.2) is 0 Å². The highest BCUT2D eigenvalue weighted by molar-refractivity contribution is 5.24. The smallest absolute Gasteiger partial charge is 0.186 e. The summed E-state index contributed by atoms with van der Waals surface area (Å²) in [5.74, 6) is 0. The second-order valence-electron chi connectivity index (χ2n) is 10.8. The van der Waals surface area contributed by atoms with Crippen LogP contribution in [0.1, 0.15) is 53.4 Å². The maximum atomic E-state index is 10.5. The first-order chi connectivity index (χ1) is 16.3. The van der Waals surface area contributed by atoms with Crippen LogP contribution >= 0.6 is 0 Å². The molecule has 3 aliphatic rings. The van der Waals surface area contributed by atoms with E-state index in [-0.39, 0.29) is 30.8 Å². The van der Waals surface area contributed by atoms with Crippen LogP contribution in [0.5, 0.6) is 0 Å². The van der Waals surface area contributed by atoms with E-state index in [4.69, 9.17) is 18.9 Å². The highest BCUT2D eigenvalue weighted by Gasteiger charge is 2.47. The van der Waals surface area contributed by atoms with Crippen LogP contribution in [0.25, 0.3) is 0 Å². The Morgan fingerprint density at radius 2 is 1.63 bits per heavy atom. The molecule has 0 spiro atoms. The molecule has 11 atom stereocenters. The largest absolute Gasteiger partial charge is 0.393 e. The van der Waals surface area contributed by atoms with E-state index in [1.807, 2.05) is 6.92 Å². The average molecular weight is 507 g/mol. The van der Waals surface area contributed by atoms with Gasteiger partial charge in [0, 0.05) is 0 Å². The summed E-state index contributed by atoms with van der Waals surface area (Å²) < 4.78 is 22.5. The standard InChI is InChI=1S/C24H42O11/c1-11-7-13(8-24(3,4)14(11)6-5-12(2)25)34-23-21(31)19(29)18(28)16(35-23)10-33-22-20(30)17(27)15(26)9-32-22/h12-13,15-23,25-31H,5-10H2,1-4H3/t12-,13+,15+,16+,17-,18+,19-,20+,21+,22-,23+/m0/s1. The van der Waals surface area contributed by atoms with Crippen molar-refractivity contribution in [2.45, 2.75) is 121 Å². The molecule has 0 unspecified atom stereocenters. The second kappa shape index (κ2) is 11.8. The van der Waals surface area contributed by atoms with Crippen molar-refractivity contribution in [2.75, 3.05) is 13.2 Å². The van der Waals surface area contributed by atoms with Gasteiger partial charge in [-0.1, -0.05) is 25.0 Å². The monoisotopic (exact) mass is 506 g/mol. The Labute approximate surface area is 205 Å². The molecule has 2 aliphatic heterocycles. The van der Waals surface area contributed by atoms with Crippen LogP contribution in [0.2, 0.25) is 0 Å². The maximum Gasteiger partial charge on any atom is 0.186 e. The molecule has 204 valence electrons. The molecule has 2 saturated heterocycles. The first kappa shape index (κ1) is 28.9. The topological polar surface area (TPSA) is 179 Å². The summed E-state index contributed by atoms with van der Waals surface area (Å²) >= 11 is 0. The van der Waals surface area contributed by atoms with E-state index in [9.17, 15) is 35.7 Å². The predicted octanol–water partition coefficient (Wildman–Crippen LogP) is -1.07. The molecule has 35 heavy (non-hydrogen) atoms. The van der Waals surface area contributed by atoms with Crippen LogP contribution < -0.4 is 0 Å². The lowest BCUT2D eigenvalue weighted by atomic mass is 9.70. The van der Waals surface area contributed by atoms with E-state index in [0.717, 1.165) is 12.0 Å². The summed E-state index contributed by atoms with van der Waals surface area (Å²) in [7, 11) is 0. The molecule has 3 rings (SSSR count). The first-order valence-electron chi connectivity index (χ1n) is 12.3. The van der Waals surface area contributed by atoms with Gasteiger partial charge in [-0.2, -0.15) is 0 Å². The molecule has 11 nitrogen and oxygen atoms in total. The zero-order valence-electron chi connectivity index (χ0n) is 20.9. The van der Waals surface area contributed by atoms with Crippen molar-refractivity contribution in [3.63, 3.8) is 0 Å². The SMILES string of the molecule is CC1=C(CC[C@H](C)O)C(C)(C)C[C@H](O[C@@H]2O[C@H](CO[C@@H]3OC[C@@H](O)[C@H](O)[C@H]3O)[C@@H](O)[C@H](O)[C@H]2O)C1. The number of aliphatic hydroxyl groups is 7. The lowest BCUT2D eigenvalue weighted by molar-refractivity contribution is -0.328. The third-order valence-electron chi connectivity index (χ3n) is 7.29. The summed E-state index contributed by atoms with van der Waals surface area (Å²) in [6, 6.07) is 0. The van der Waals surface area contributed by atoms with Gasteiger partial charge in [-0.3, -0.25) is 0 Å². The fourth-order valence-corrected chi connectivity index (χ4v) is 5.28. The van der Waals surface area contributed by atoms with Gasteiger partial charge in [0.1, 0.15) is 42.7 Å². The summed E-state index contributed by atoms with van der Waals surface area (Å²) in [5, 5.41) is 70.4. The molecule has 0 aromatic rings.